The van der Waals surface area contributed by atoms with Gasteiger partial charge in [-0.05, 0) is 0 Å². The van der Waals surface area contributed by atoms with Gasteiger partial charge in [0.15, 0.2) is 0 Å². The van der Waals surface area contributed by atoms with Gasteiger partial charge in [-0.25, -0.2) is 0 Å². The van der Waals surface area contributed by atoms with Gasteiger partial charge in [-0.3, -0.25) is 4.79 Å². The van der Waals surface area contributed by atoms with E-state index in [1.165, 1.54) is 0 Å². The van der Waals surface area contributed by atoms with Gasteiger partial charge in [0, 0.05) is 5.56 Å². The number of benzene rings is 1. The zero-order valence-corrected chi connectivity index (χ0v) is 10.1. The van der Waals surface area contributed by atoms with E-state index < -0.39 is 11.9 Å². The standard InChI is InChI=1S/C12H19N3O/c1-15(2,3)11(10(13)12(14)16)9-7-5-4-6-8-9/h4-8,10-11H,13H2,1-3H3,(H-,14,16)/p+1/t10-,11?/m0/s1. The summed E-state index contributed by atoms with van der Waals surface area (Å²) in [6.07, 6.45) is 0. The maximum Gasteiger partial charge on any atom is 0.240 e. The van der Waals surface area contributed by atoms with Crippen molar-refractivity contribution in [2.45, 2.75) is 12.1 Å². The summed E-state index contributed by atoms with van der Waals surface area (Å²) < 4.78 is 0.564. The summed E-state index contributed by atoms with van der Waals surface area (Å²) in [4.78, 5) is 11.2. The number of nitrogens with two attached hydrogens (primary N) is 2. The predicted molar refractivity (Wildman–Crippen MR) is 64.4 cm³/mol. The summed E-state index contributed by atoms with van der Waals surface area (Å²) in [7, 11) is 6.00. The summed E-state index contributed by atoms with van der Waals surface area (Å²) in [5.74, 6) is -0.470. The lowest BCUT2D eigenvalue weighted by atomic mass is 9.97. The predicted octanol–water partition coefficient (Wildman–Crippen LogP) is 0.247. The molecular formula is C12H20N3O+. The Morgan fingerprint density at radius 3 is 2.06 bits per heavy atom. The summed E-state index contributed by atoms with van der Waals surface area (Å²) in [5, 5.41) is 0. The lowest BCUT2D eigenvalue weighted by Gasteiger charge is -2.36. The van der Waals surface area contributed by atoms with E-state index in [4.69, 9.17) is 11.5 Å². The van der Waals surface area contributed by atoms with Gasteiger partial charge in [0.05, 0.1) is 21.1 Å². The Hall–Kier alpha value is -1.39. The summed E-state index contributed by atoms with van der Waals surface area (Å²) in [6, 6.07) is 8.94. The van der Waals surface area contributed by atoms with Crippen LogP contribution in [-0.4, -0.2) is 37.6 Å². The fourth-order valence-corrected chi connectivity index (χ4v) is 1.94. The van der Waals surface area contributed by atoms with Crippen LogP contribution in [0.3, 0.4) is 0 Å². The molecule has 0 radical (unpaired) electrons. The maximum absolute atomic E-state index is 11.2. The van der Waals surface area contributed by atoms with Crippen LogP contribution in [-0.2, 0) is 4.79 Å². The highest BCUT2D eigenvalue weighted by molar-refractivity contribution is 5.80. The van der Waals surface area contributed by atoms with E-state index in [1.54, 1.807) is 0 Å². The first kappa shape index (κ1) is 12.7. The monoisotopic (exact) mass is 222 g/mol. The van der Waals surface area contributed by atoms with Crippen molar-refractivity contribution in [1.82, 2.24) is 0 Å². The number of carbonyl (C=O) groups excluding carboxylic acids is 1. The number of primary amides is 1. The summed E-state index contributed by atoms with van der Waals surface area (Å²) >= 11 is 0. The zero-order chi connectivity index (χ0) is 12.3. The lowest BCUT2D eigenvalue weighted by molar-refractivity contribution is -0.902. The second-order valence-corrected chi connectivity index (χ2v) is 4.90. The van der Waals surface area contributed by atoms with Crippen molar-refractivity contribution in [3.05, 3.63) is 35.9 Å². The van der Waals surface area contributed by atoms with E-state index in [0.717, 1.165) is 5.56 Å². The van der Waals surface area contributed by atoms with Gasteiger partial charge in [0.25, 0.3) is 0 Å². The Labute approximate surface area is 96.4 Å². The van der Waals surface area contributed by atoms with Crippen molar-refractivity contribution in [2.24, 2.45) is 11.5 Å². The van der Waals surface area contributed by atoms with Crippen LogP contribution in [0, 0.1) is 0 Å². The normalized spacial score (nSPS) is 15.5. The Morgan fingerprint density at radius 2 is 1.69 bits per heavy atom. The molecule has 4 nitrogen and oxygen atoms in total. The van der Waals surface area contributed by atoms with E-state index in [2.05, 4.69) is 0 Å². The molecule has 1 amide bonds. The van der Waals surface area contributed by atoms with Gasteiger partial charge in [0.1, 0.15) is 12.1 Å². The molecule has 16 heavy (non-hydrogen) atoms. The molecular weight excluding hydrogens is 202 g/mol. The highest BCUT2D eigenvalue weighted by Crippen LogP contribution is 2.25. The number of likely N-dealkylation sites (N-methyl/N-ethyl adjacent to an activating group) is 1. The molecule has 0 bridgehead atoms. The van der Waals surface area contributed by atoms with Crippen LogP contribution in [0.5, 0.6) is 0 Å². The molecule has 2 atom stereocenters. The molecule has 1 unspecified atom stereocenters. The third kappa shape index (κ3) is 2.81. The van der Waals surface area contributed by atoms with Gasteiger partial charge in [-0.2, -0.15) is 0 Å². The van der Waals surface area contributed by atoms with Crippen molar-refractivity contribution in [3.8, 4) is 0 Å². The first-order valence-corrected chi connectivity index (χ1v) is 5.25. The first-order valence-electron chi connectivity index (χ1n) is 5.25. The third-order valence-electron chi connectivity index (χ3n) is 2.64. The van der Waals surface area contributed by atoms with Gasteiger partial charge in [-0.15, -0.1) is 0 Å². The fraction of sp³-hybridized carbons (Fsp3) is 0.417. The Balaban J connectivity index is 3.12. The van der Waals surface area contributed by atoms with E-state index in [0.29, 0.717) is 4.48 Å². The Morgan fingerprint density at radius 1 is 1.19 bits per heavy atom. The minimum atomic E-state index is -0.678. The van der Waals surface area contributed by atoms with Gasteiger partial charge in [0.2, 0.25) is 5.91 Å². The topological polar surface area (TPSA) is 69.1 Å². The van der Waals surface area contributed by atoms with Gasteiger partial charge < -0.3 is 16.0 Å². The Bertz CT molecular complexity index is 356. The van der Waals surface area contributed by atoms with Crippen LogP contribution in [0.2, 0.25) is 0 Å². The molecule has 1 rings (SSSR count). The van der Waals surface area contributed by atoms with Crippen LogP contribution in [0.25, 0.3) is 0 Å². The molecule has 4 heteroatoms. The molecule has 0 aliphatic rings. The van der Waals surface area contributed by atoms with E-state index in [1.807, 2.05) is 51.5 Å². The molecule has 0 spiro atoms. The highest BCUT2D eigenvalue weighted by Gasteiger charge is 2.35. The van der Waals surface area contributed by atoms with Crippen LogP contribution >= 0.6 is 0 Å². The van der Waals surface area contributed by atoms with Crippen molar-refractivity contribution < 1.29 is 9.28 Å². The van der Waals surface area contributed by atoms with Crippen molar-refractivity contribution in [2.75, 3.05) is 21.1 Å². The molecule has 1 aromatic carbocycles. The van der Waals surface area contributed by atoms with Crippen LogP contribution in [0.15, 0.2) is 30.3 Å². The van der Waals surface area contributed by atoms with Gasteiger partial charge >= 0.3 is 0 Å². The van der Waals surface area contributed by atoms with E-state index in [-0.39, 0.29) is 6.04 Å². The molecule has 0 saturated heterocycles. The molecule has 0 aromatic heterocycles. The molecule has 88 valence electrons. The van der Waals surface area contributed by atoms with Crippen LogP contribution in [0.1, 0.15) is 11.6 Å². The average Bonchev–Trinajstić information content (AvgIpc) is 2.17. The summed E-state index contributed by atoms with van der Waals surface area (Å²) in [5.41, 5.74) is 12.2. The van der Waals surface area contributed by atoms with Gasteiger partial charge in [-0.1, -0.05) is 30.3 Å². The van der Waals surface area contributed by atoms with E-state index in [9.17, 15) is 4.79 Å². The second kappa shape index (κ2) is 4.63. The zero-order valence-electron chi connectivity index (χ0n) is 10.1. The minimum absolute atomic E-state index is 0.126. The molecule has 0 aliphatic carbocycles. The lowest BCUT2D eigenvalue weighted by Crippen LogP contribution is -2.53. The molecule has 0 saturated carbocycles. The number of rotatable bonds is 4. The number of amides is 1. The second-order valence-electron chi connectivity index (χ2n) is 4.90. The number of nitrogens with zero attached hydrogens (tertiary/aromatic N) is 1. The first-order chi connectivity index (χ1) is 7.34. The average molecular weight is 222 g/mol. The largest absolute Gasteiger partial charge is 0.368 e. The molecule has 0 fully saturated rings. The highest BCUT2D eigenvalue weighted by atomic mass is 16.1. The number of quaternary nitrogens is 1. The van der Waals surface area contributed by atoms with Crippen molar-refractivity contribution >= 4 is 5.91 Å². The number of hydrogen-bond acceptors (Lipinski definition) is 2. The third-order valence-corrected chi connectivity index (χ3v) is 2.64. The maximum atomic E-state index is 11.2. The van der Waals surface area contributed by atoms with Crippen LogP contribution < -0.4 is 11.5 Å². The fourth-order valence-electron chi connectivity index (χ4n) is 1.94. The SMILES string of the molecule is C[N+](C)(C)C(c1ccccc1)[C@H](N)C(N)=O. The number of hydrogen-bond donors (Lipinski definition) is 2. The molecule has 1 aromatic rings. The van der Waals surface area contributed by atoms with Crippen LogP contribution in [0.4, 0.5) is 0 Å². The van der Waals surface area contributed by atoms with E-state index >= 15 is 0 Å². The van der Waals surface area contributed by atoms with Crippen molar-refractivity contribution in [3.63, 3.8) is 0 Å². The minimum Gasteiger partial charge on any atom is -0.368 e. The quantitative estimate of drug-likeness (QED) is 0.717. The van der Waals surface area contributed by atoms with Crippen molar-refractivity contribution in [1.29, 1.82) is 0 Å². The smallest absolute Gasteiger partial charge is 0.240 e. The number of carbonyl (C=O) groups is 1. The summed E-state index contributed by atoms with van der Waals surface area (Å²) in [6.45, 7) is 0. The molecule has 0 heterocycles. The molecule has 0 aliphatic heterocycles. The molecule has 4 N–H and O–H groups in total. The Kier molecular flexibility index (Phi) is 3.67.